The third kappa shape index (κ3) is 11.3. The van der Waals surface area contributed by atoms with Crippen molar-refractivity contribution < 1.29 is 19.1 Å². The van der Waals surface area contributed by atoms with E-state index in [0.717, 1.165) is 12.5 Å². The Balaban J connectivity index is 2.57. The van der Waals surface area contributed by atoms with E-state index in [1.54, 1.807) is 11.9 Å². The van der Waals surface area contributed by atoms with Crippen LogP contribution in [0, 0.1) is 5.92 Å². The molecule has 0 aromatic rings. The summed E-state index contributed by atoms with van der Waals surface area (Å²) in [7, 11) is 0.502. The lowest BCUT2D eigenvalue weighted by Gasteiger charge is -2.28. The molecule has 1 aliphatic rings. The number of hydrogen-bond donors (Lipinski definition) is 1. The Hall–Kier alpha value is -1.24. The Labute approximate surface area is 166 Å². The summed E-state index contributed by atoms with van der Waals surface area (Å²) in [5.74, 6) is 0.598. The molecule has 0 aromatic heterocycles. The van der Waals surface area contributed by atoms with Gasteiger partial charge in [0, 0.05) is 21.7 Å². The second kappa shape index (κ2) is 10.3. The summed E-state index contributed by atoms with van der Waals surface area (Å²) in [4.78, 5) is 26.1. The zero-order chi connectivity index (χ0) is 20.7. The van der Waals surface area contributed by atoms with Crippen LogP contribution in [0.4, 0.5) is 9.59 Å². The topological polar surface area (TPSA) is 67.9 Å². The number of likely N-dealkylation sites (N-methyl/N-ethyl adjacent to an activating group) is 1. The molecule has 7 heteroatoms. The first-order chi connectivity index (χ1) is 12.4. The maximum Gasteiger partial charge on any atom is 0.409 e. The van der Waals surface area contributed by atoms with Crippen LogP contribution in [0.2, 0.25) is 25.7 Å². The highest BCUT2D eigenvalue weighted by Gasteiger charge is 2.26. The standard InChI is InChI=1S/C20H40N2O4Si/c1-20(2,3)26-18(23)21-17(14-16-10-8-9-11-16)15-22(4)19(24)25-12-13-27(5,6)7/h16-17H,8-15H2,1-7H3,(H,21,23). The zero-order valence-corrected chi connectivity index (χ0v) is 19.4. The number of hydrogen-bond acceptors (Lipinski definition) is 4. The average molecular weight is 401 g/mol. The van der Waals surface area contributed by atoms with Crippen molar-refractivity contribution in [2.75, 3.05) is 20.2 Å². The van der Waals surface area contributed by atoms with Crippen LogP contribution in [0.3, 0.4) is 0 Å². The Kier molecular flexibility index (Phi) is 9.11. The van der Waals surface area contributed by atoms with Crippen LogP contribution in [-0.4, -0.2) is 57.0 Å². The van der Waals surface area contributed by atoms with E-state index < -0.39 is 19.8 Å². The summed E-state index contributed by atoms with van der Waals surface area (Å²) in [5, 5.41) is 2.96. The normalized spacial score (nSPS) is 16.7. The minimum atomic E-state index is -1.23. The molecular formula is C20H40N2O4Si. The first kappa shape index (κ1) is 23.8. The van der Waals surface area contributed by atoms with Crippen molar-refractivity contribution in [1.82, 2.24) is 10.2 Å². The van der Waals surface area contributed by atoms with E-state index in [4.69, 9.17) is 9.47 Å². The van der Waals surface area contributed by atoms with Crippen LogP contribution in [0.5, 0.6) is 0 Å². The highest BCUT2D eigenvalue weighted by atomic mass is 28.3. The molecule has 1 fully saturated rings. The van der Waals surface area contributed by atoms with Crippen LogP contribution in [-0.2, 0) is 9.47 Å². The number of rotatable bonds is 8. The number of nitrogens with one attached hydrogen (secondary N) is 1. The summed E-state index contributed by atoms with van der Waals surface area (Å²) in [5.41, 5.74) is -0.538. The van der Waals surface area contributed by atoms with Crippen molar-refractivity contribution in [2.45, 2.75) is 90.2 Å². The lowest BCUT2D eigenvalue weighted by molar-refractivity contribution is 0.0479. The first-order valence-electron chi connectivity index (χ1n) is 10.2. The second-order valence-electron chi connectivity index (χ2n) is 10.0. The van der Waals surface area contributed by atoms with E-state index in [1.807, 2.05) is 20.8 Å². The number of ether oxygens (including phenoxy) is 2. The fourth-order valence-corrected chi connectivity index (χ4v) is 3.98. The van der Waals surface area contributed by atoms with Crippen LogP contribution in [0.1, 0.15) is 52.9 Å². The summed E-state index contributed by atoms with van der Waals surface area (Å²) in [6.45, 7) is 13.2. The quantitative estimate of drug-likeness (QED) is 0.590. The van der Waals surface area contributed by atoms with Crippen LogP contribution < -0.4 is 5.32 Å². The molecule has 1 atom stereocenters. The predicted octanol–water partition coefficient (Wildman–Crippen LogP) is 4.87. The summed E-state index contributed by atoms with van der Waals surface area (Å²) in [6, 6.07) is 0.825. The fourth-order valence-electron chi connectivity index (χ4n) is 3.26. The van der Waals surface area contributed by atoms with Gasteiger partial charge in [0.15, 0.2) is 0 Å². The largest absolute Gasteiger partial charge is 0.450 e. The number of nitrogens with zero attached hydrogens (tertiary/aromatic N) is 1. The van der Waals surface area contributed by atoms with E-state index in [1.165, 1.54) is 25.7 Å². The van der Waals surface area contributed by atoms with Gasteiger partial charge in [-0.3, -0.25) is 0 Å². The van der Waals surface area contributed by atoms with Crippen molar-refractivity contribution in [2.24, 2.45) is 5.92 Å². The molecule has 1 unspecified atom stereocenters. The van der Waals surface area contributed by atoms with E-state index >= 15 is 0 Å². The number of alkyl carbamates (subject to hydrolysis) is 1. The molecule has 0 radical (unpaired) electrons. The van der Waals surface area contributed by atoms with Crippen LogP contribution in [0.15, 0.2) is 0 Å². The molecule has 2 amide bonds. The van der Waals surface area contributed by atoms with Gasteiger partial charge in [-0.05, 0) is 39.2 Å². The molecule has 1 rings (SSSR count). The monoisotopic (exact) mass is 400 g/mol. The van der Waals surface area contributed by atoms with Gasteiger partial charge in [0.2, 0.25) is 0 Å². The molecule has 0 heterocycles. The van der Waals surface area contributed by atoms with Gasteiger partial charge in [0.05, 0.1) is 12.6 Å². The van der Waals surface area contributed by atoms with Crippen molar-refractivity contribution >= 4 is 20.3 Å². The van der Waals surface area contributed by atoms with Gasteiger partial charge >= 0.3 is 12.2 Å². The number of carbonyl (C=O) groups excluding carboxylic acids is 2. The average Bonchev–Trinajstić information content (AvgIpc) is 2.96. The summed E-state index contributed by atoms with van der Waals surface area (Å²) in [6.07, 6.45) is 5.00. The molecule has 27 heavy (non-hydrogen) atoms. The molecule has 0 aromatic carbocycles. The molecule has 1 saturated carbocycles. The van der Waals surface area contributed by atoms with Crippen molar-refractivity contribution in [3.05, 3.63) is 0 Å². The molecule has 0 saturated heterocycles. The minimum absolute atomic E-state index is 0.127. The SMILES string of the molecule is CN(CC(CC1CCCC1)NC(=O)OC(C)(C)C)C(=O)OCC[Si](C)(C)C. The van der Waals surface area contributed by atoms with E-state index in [9.17, 15) is 9.59 Å². The molecule has 0 aliphatic heterocycles. The van der Waals surface area contributed by atoms with Gasteiger partial charge in [-0.2, -0.15) is 0 Å². The zero-order valence-electron chi connectivity index (χ0n) is 18.4. The van der Waals surface area contributed by atoms with Crippen LogP contribution >= 0.6 is 0 Å². The maximum absolute atomic E-state index is 12.3. The van der Waals surface area contributed by atoms with Crippen molar-refractivity contribution in [1.29, 1.82) is 0 Å². The Morgan fingerprint density at radius 1 is 1.19 bits per heavy atom. The van der Waals surface area contributed by atoms with Crippen LogP contribution in [0.25, 0.3) is 0 Å². The highest BCUT2D eigenvalue weighted by Crippen LogP contribution is 2.29. The molecule has 6 nitrogen and oxygen atoms in total. The third-order valence-corrected chi connectivity index (χ3v) is 6.40. The minimum Gasteiger partial charge on any atom is -0.450 e. The summed E-state index contributed by atoms with van der Waals surface area (Å²) < 4.78 is 10.8. The third-order valence-electron chi connectivity index (χ3n) is 4.70. The fraction of sp³-hybridized carbons (Fsp3) is 0.900. The molecule has 0 spiro atoms. The molecule has 1 aliphatic carbocycles. The first-order valence-corrected chi connectivity index (χ1v) is 13.9. The van der Waals surface area contributed by atoms with Gasteiger partial charge in [-0.25, -0.2) is 9.59 Å². The van der Waals surface area contributed by atoms with Gasteiger partial charge in [0.1, 0.15) is 5.60 Å². The predicted molar refractivity (Wildman–Crippen MR) is 112 cm³/mol. The number of amides is 2. The van der Waals surface area contributed by atoms with Crippen molar-refractivity contribution in [3.8, 4) is 0 Å². The maximum atomic E-state index is 12.3. The molecular weight excluding hydrogens is 360 g/mol. The van der Waals surface area contributed by atoms with Crippen molar-refractivity contribution in [3.63, 3.8) is 0 Å². The van der Waals surface area contributed by atoms with Gasteiger partial charge in [-0.1, -0.05) is 45.3 Å². The smallest absolute Gasteiger partial charge is 0.409 e. The Bertz CT molecular complexity index is 479. The molecule has 158 valence electrons. The number of carbonyl (C=O) groups is 2. The lowest BCUT2D eigenvalue weighted by Crippen LogP contribution is -2.47. The second-order valence-corrected chi connectivity index (χ2v) is 15.7. The molecule has 1 N–H and O–H groups in total. The van der Waals surface area contributed by atoms with E-state index in [0.29, 0.717) is 19.1 Å². The van der Waals surface area contributed by atoms with E-state index in [-0.39, 0.29) is 12.1 Å². The molecule has 0 bridgehead atoms. The van der Waals surface area contributed by atoms with E-state index in [2.05, 4.69) is 25.0 Å². The Morgan fingerprint density at radius 3 is 2.30 bits per heavy atom. The van der Waals surface area contributed by atoms with Gasteiger partial charge < -0.3 is 19.7 Å². The lowest BCUT2D eigenvalue weighted by atomic mass is 9.98. The van der Waals surface area contributed by atoms with Gasteiger partial charge in [-0.15, -0.1) is 0 Å². The Morgan fingerprint density at radius 2 is 1.78 bits per heavy atom. The van der Waals surface area contributed by atoms with Gasteiger partial charge in [0.25, 0.3) is 0 Å². The highest BCUT2D eigenvalue weighted by molar-refractivity contribution is 6.76. The summed E-state index contributed by atoms with van der Waals surface area (Å²) >= 11 is 0.